The molecule has 1 aromatic heterocycles. The first-order valence-corrected chi connectivity index (χ1v) is 14.1. The van der Waals surface area contributed by atoms with Crippen LogP contribution in [0.3, 0.4) is 0 Å². The summed E-state index contributed by atoms with van der Waals surface area (Å²) in [6.45, 7) is 4.41. The number of nitrogens with one attached hydrogen (secondary N) is 2. The number of aromatic nitrogens is 1. The molecule has 1 unspecified atom stereocenters. The topological polar surface area (TPSA) is 92.8 Å². The summed E-state index contributed by atoms with van der Waals surface area (Å²) in [6, 6.07) is 22.6. The van der Waals surface area contributed by atoms with Gasteiger partial charge in [0.15, 0.2) is 0 Å². The predicted octanol–water partition coefficient (Wildman–Crippen LogP) is 4.05. The minimum atomic E-state index is -0.659. The van der Waals surface area contributed by atoms with Crippen LogP contribution in [0.4, 0.5) is 4.39 Å². The van der Waals surface area contributed by atoms with Gasteiger partial charge in [-0.3, -0.25) is 19.5 Å². The van der Waals surface area contributed by atoms with Crippen LogP contribution in [0.2, 0.25) is 0 Å². The van der Waals surface area contributed by atoms with Crippen molar-refractivity contribution in [2.45, 2.75) is 32.0 Å². The Morgan fingerprint density at radius 3 is 2.62 bits per heavy atom. The van der Waals surface area contributed by atoms with Crippen LogP contribution >= 0.6 is 0 Å². The van der Waals surface area contributed by atoms with Crippen LogP contribution in [0.15, 0.2) is 78.9 Å². The number of fused-ring (bicyclic) bond motifs is 1. The number of halogens is 1. The lowest BCUT2D eigenvalue weighted by Gasteiger charge is -2.40. The molecule has 4 aromatic rings. The zero-order chi connectivity index (χ0) is 29.5. The number of nitrogens with zero attached hydrogens (tertiary/aromatic N) is 2. The van der Waals surface area contributed by atoms with Crippen LogP contribution < -0.4 is 15.4 Å². The van der Waals surface area contributed by atoms with Crippen molar-refractivity contribution in [1.29, 1.82) is 0 Å². The van der Waals surface area contributed by atoms with Gasteiger partial charge in [0, 0.05) is 54.4 Å². The molecular weight excluding hydrogens is 535 g/mol. The van der Waals surface area contributed by atoms with Gasteiger partial charge in [0.05, 0.1) is 12.6 Å². The summed E-state index contributed by atoms with van der Waals surface area (Å²) in [6.07, 6.45) is 0.630. The number of ether oxygens (including phenoxy) is 2. The highest BCUT2D eigenvalue weighted by Crippen LogP contribution is 2.21. The molecule has 1 aliphatic heterocycles. The van der Waals surface area contributed by atoms with E-state index in [1.54, 1.807) is 36.4 Å². The highest BCUT2D eigenvalue weighted by Gasteiger charge is 2.34. The molecule has 2 N–H and O–H groups in total. The third-order valence-electron chi connectivity index (χ3n) is 7.55. The van der Waals surface area contributed by atoms with Crippen molar-refractivity contribution in [3.05, 3.63) is 107 Å². The van der Waals surface area contributed by atoms with Gasteiger partial charge in [-0.05, 0) is 67.4 Å². The number of methoxy groups -OCH3 is 1. The molecule has 8 nitrogen and oxygen atoms in total. The number of piperazine rings is 1. The fourth-order valence-corrected chi connectivity index (χ4v) is 5.41. The summed E-state index contributed by atoms with van der Waals surface area (Å²) >= 11 is 0. The Morgan fingerprint density at radius 2 is 1.86 bits per heavy atom. The van der Waals surface area contributed by atoms with Gasteiger partial charge in [0.25, 0.3) is 5.91 Å². The molecule has 5 rings (SSSR count). The van der Waals surface area contributed by atoms with Crippen LogP contribution in [0, 0.1) is 12.7 Å². The molecule has 2 heterocycles. The minimum absolute atomic E-state index is 0.0250. The molecule has 0 spiro atoms. The SMILES string of the molecule is COC(=O)[C@H](CNC(=O)c1ccc(OCc2cc(C)nc3ccccc23)cc1)N1CCNCC1Cc1ccc(F)cc1. The monoisotopic (exact) mass is 570 g/mol. The average Bonchev–Trinajstić information content (AvgIpc) is 3.01. The third kappa shape index (κ3) is 7.10. The van der Waals surface area contributed by atoms with Crippen LogP contribution in [-0.2, 0) is 22.6 Å². The highest BCUT2D eigenvalue weighted by molar-refractivity contribution is 5.94. The summed E-state index contributed by atoms with van der Waals surface area (Å²) < 4.78 is 24.5. The van der Waals surface area contributed by atoms with Crippen LogP contribution in [0.1, 0.15) is 27.2 Å². The van der Waals surface area contributed by atoms with Gasteiger partial charge in [0.1, 0.15) is 24.2 Å². The molecule has 0 radical (unpaired) electrons. The number of aryl methyl sites for hydroxylation is 1. The Morgan fingerprint density at radius 1 is 1.10 bits per heavy atom. The molecular formula is C33H35FN4O4. The van der Waals surface area contributed by atoms with Crippen molar-refractivity contribution < 1.29 is 23.5 Å². The van der Waals surface area contributed by atoms with Crippen LogP contribution in [-0.4, -0.2) is 67.1 Å². The number of hydrogen-bond acceptors (Lipinski definition) is 7. The van der Waals surface area contributed by atoms with Gasteiger partial charge in [-0.1, -0.05) is 30.3 Å². The standard InChI is InChI=1S/C33H35FN4O4/c1-22-17-25(29-5-3-4-6-30(29)37-22)21-42-28-13-9-24(10-14-28)32(39)36-20-31(33(40)41-2)38-16-15-35-19-27(38)18-23-7-11-26(34)12-8-23/h3-14,17,27,31,35H,15-16,18-21H2,1-2H3,(H,36,39)/t27?,31-/m0/s1. The molecule has 9 heteroatoms. The Labute approximate surface area is 244 Å². The van der Waals surface area contributed by atoms with Crippen molar-refractivity contribution in [2.24, 2.45) is 0 Å². The highest BCUT2D eigenvalue weighted by atomic mass is 19.1. The molecule has 2 atom stereocenters. The normalized spacial score (nSPS) is 16.1. The zero-order valence-corrected chi connectivity index (χ0v) is 23.8. The maximum Gasteiger partial charge on any atom is 0.324 e. The molecule has 0 aliphatic carbocycles. The summed E-state index contributed by atoms with van der Waals surface area (Å²) in [4.78, 5) is 32.5. The smallest absolute Gasteiger partial charge is 0.324 e. The number of esters is 1. The number of benzene rings is 3. The fourth-order valence-electron chi connectivity index (χ4n) is 5.41. The quantitative estimate of drug-likeness (QED) is 0.278. The van der Waals surface area contributed by atoms with E-state index in [1.165, 1.54) is 19.2 Å². The van der Waals surface area contributed by atoms with Gasteiger partial charge >= 0.3 is 5.97 Å². The maximum atomic E-state index is 13.4. The van der Waals surface area contributed by atoms with Gasteiger partial charge in [0.2, 0.25) is 0 Å². The Bertz CT molecular complexity index is 1530. The van der Waals surface area contributed by atoms with Crippen molar-refractivity contribution in [2.75, 3.05) is 33.3 Å². The third-order valence-corrected chi connectivity index (χ3v) is 7.55. The second kappa shape index (κ2) is 13.5. The number of pyridine rings is 1. The van der Waals surface area contributed by atoms with Crippen LogP contribution in [0.5, 0.6) is 5.75 Å². The molecule has 0 bridgehead atoms. The Hall–Kier alpha value is -4.34. The van der Waals surface area contributed by atoms with Gasteiger partial charge in [-0.25, -0.2) is 4.39 Å². The summed E-state index contributed by atoms with van der Waals surface area (Å²) in [5.41, 5.74) is 4.32. The minimum Gasteiger partial charge on any atom is -0.489 e. The van der Waals surface area contributed by atoms with Crippen molar-refractivity contribution in [1.82, 2.24) is 20.5 Å². The molecule has 0 saturated carbocycles. The van der Waals surface area contributed by atoms with Crippen molar-refractivity contribution in [3.8, 4) is 5.75 Å². The fraction of sp³-hybridized carbons (Fsp3) is 0.303. The van der Waals surface area contributed by atoms with E-state index >= 15 is 0 Å². The van der Waals surface area contributed by atoms with Gasteiger partial charge in [-0.15, -0.1) is 0 Å². The molecule has 218 valence electrons. The Balaban J connectivity index is 1.21. The number of para-hydroxylation sites is 1. The van der Waals surface area contributed by atoms with E-state index in [0.717, 1.165) is 27.7 Å². The average molecular weight is 571 g/mol. The van der Waals surface area contributed by atoms with E-state index in [2.05, 4.69) is 20.5 Å². The second-order valence-electron chi connectivity index (χ2n) is 10.4. The second-order valence-corrected chi connectivity index (χ2v) is 10.4. The van der Waals surface area contributed by atoms with Crippen molar-refractivity contribution >= 4 is 22.8 Å². The molecule has 1 aliphatic rings. The lowest BCUT2D eigenvalue weighted by Crippen LogP contribution is -2.60. The zero-order valence-electron chi connectivity index (χ0n) is 23.8. The number of rotatable bonds is 10. The first-order chi connectivity index (χ1) is 20.4. The number of carbonyl (C=O) groups excluding carboxylic acids is 2. The molecule has 1 amide bonds. The van der Waals surface area contributed by atoms with Gasteiger partial charge < -0.3 is 20.1 Å². The maximum absolute atomic E-state index is 13.4. The Kier molecular flexibility index (Phi) is 9.41. The van der Waals surface area contributed by atoms with E-state index in [4.69, 9.17) is 9.47 Å². The summed E-state index contributed by atoms with van der Waals surface area (Å²) in [5.74, 6) is -0.355. The molecule has 3 aromatic carbocycles. The van der Waals surface area contributed by atoms with E-state index in [9.17, 15) is 14.0 Å². The molecule has 42 heavy (non-hydrogen) atoms. The van der Waals surface area contributed by atoms with Crippen LogP contribution in [0.25, 0.3) is 10.9 Å². The number of carbonyl (C=O) groups is 2. The van der Waals surface area contributed by atoms with E-state index in [-0.39, 0.29) is 24.3 Å². The van der Waals surface area contributed by atoms with E-state index < -0.39 is 12.0 Å². The van der Waals surface area contributed by atoms with Gasteiger partial charge in [-0.2, -0.15) is 0 Å². The van der Waals surface area contributed by atoms with E-state index in [0.29, 0.717) is 44.0 Å². The first-order valence-electron chi connectivity index (χ1n) is 14.1. The molecule has 1 fully saturated rings. The summed E-state index contributed by atoms with van der Waals surface area (Å²) in [7, 11) is 1.35. The number of hydrogen-bond donors (Lipinski definition) is 2. The summed E-state index contributed by atoms with van der Waals surface area (Å²) in [5, 5.41) is 7.32. The van der Waals surface area contributed by atoms with E-state index in [1.807, 2.05) is 37.3 Å². The lowest BCUT2D eigenvalue weighted by molar-refractivity contribution is -0.148. The first kappa shape index (κ1) is 29.2. The largest absolute Gasteiger partial charge is 0.489 e. The van der Waals surface area contributed by atoms with Crippen molar-refractivity contribution in [3.63, 3.8) is 0 Å². The lowest BCUT2D eigenvalue weighted by atomic mass is 10.0. The number of amides is 1. The predicted molar refractivity (Wildman–Crippen MR) is 159 cm³/mol. The molecule has 1 saturated heterocycles.